The molecule has 0 fully saturated rings. The number of para-hydroxylation sites is 1. The number of hydrogen-bond donors (Lipinski definition) is 4. The molecule has 0 aliphatic heterocycles. The van der Waals surface area contributed by atoms with Crippen LogP contribution in [-0.4, -0.2) is 5.91 Å². The molecule has 7 nitrogen and oxygen atoms in total. The van der Waals surface area contributed by atoms with Crippen LogP contribution < -0.4 is 30.8 Å². The molecule has 5 rings (SSSR count). The van der Waals surface area contributed by atoms with Crippen molar-refractivity contribution >= 4 is 50.9 Å². The third-order valence-corrected chi connectivity index (χ3v) is 6.25. The Balaban J connectivity index is 1.27. The van der Waals surface area contributed by atoms with E-state index in [1.165, 1.54) is 0 Å². The molecule has 7 heteroatoms. The molecule has 0 radical (unpaired) electrons. The van der Waals surface area contributed by atoms with E-state index in [9.17, 15) is 4.79 Å². The highest BCUT2D eigenvalue weighted by atomic mass is 16.1. The minimum atomic E-state index is -0.255. The van der Waals surface area contributed by atoms with E-state index in [2.05, 4.69) is 51.8 Å². The molecular formula is C30H30N6O+2. The van der Waals surface area contributed by atoms with Gasteiger partial charge in [-0.1, -0.05) is 12.1 Å². The standard InChI is InChI=1S/C30H28N6O/c1-3-36-19-16-28(26-6-4-5-7-29(26)36)33-24-12-13-25(27(31)20-24)30(37)34-22-10-8-21(9-11-22)32-23-14-17-35(2)18-15-23/h4-20H,3H2,1-2H3,(H3,31,34,37)/p+2. The molecule has 0 saturated heterocycles. The summed E-state index contributed by atoms with van der Waals surface area (Å²) >= 11 is 0. The van der Waals surface area contributed by atoms with Crippen molar-refractivity contribution in [3.63, 3.8) is 0 Å². The molecule has 37 heavy (non-hydrogen) atoms. The number of fused-ring (bicyclic) bond motifs is 1. The molecule has 0 aliphatic carbocycles. The Morgan fingerprint density at radius 3 is 2.19 bits per heavy atom. The van der Waals surface area contributed by atoms with Crippen LogP contribution >= 0.6 is 0 Å². The first-order valence-electron chi connectivity index (χ1n) is 12.2. The Morgan fingerprint density at radius 1 is 0.784 bits per heavy atom. The molecule has 0 saturated carbocycles. The Kier molecular flexibility index (Phi) is 6.68. The van der Waals surface area contributed by atoms with Crippen LogP contribution in [0.1, 0.15) is 17.3 Å². The van der Waals surface area contributed by atoms with Crippen LogP contribution in [0, 0.1) is 0 Å². The molecule has 0 aliphatic rings. The summed E-state index contributed by atoms with van der Waals surface area (Å²) in [5, 5.41) is 10.8. The maximum atomic E-state index is 12.9. The molecule has 3 aromatic carbocycles. The van der Waals surface area contributed by atoms with Gasteiger partial charge in [-0.05, 0) is 55.5 Å². The number of aromatic nitrogens is 2. The van der Waals surface area contributed by atoms with Gasteiger partial charge in [0.25, 0.3) is 5.91 Å². The number of carbonyl (C=O) groups excluding carboxylic acids is 1. The van der Waals surface area contributed by atoms with Gasteiger partial charge >= 0.3 is 0 Å². The minimum Gasteiger partial charge on any atom is -0.398 e. The van der Waals surface area contributed by atoms with Gasteiger partial charge in [-0.25, -0.2) is 4.57 Å². The second-order valence-electron chi connectivity index (χ2n) is 8.87. The van der Waals surface area contributed by atoms with Gasteiger partial charge in [0.2, 0.25) is 5.52 Å². The van der Waals surface area contributed by atoms with Gasteiger partial charge in [-0.3, -0.25) is 4.79 Å². The van der Waals surface area contributed by atoms with Gasteiger partial charge < -0.3 is 21.7 Å². The molecule has 0 bridgehead atoms. The third kappa shape index (κ3) is 5.36. The van der Waals surface area contributed by atoms with Gasteiger partial charge in [-0.15, -0.1) is 0 Å². The first kappa shape index (κ1) is 23.8. The fourth-order valence-corrected chi connectivity index (χ4v) is 4.26. The van der Waals surface area contributed by atoms with Crippen molar-refractivity contribution in [1.82, 2.24) is 0 Å². The van der Waals surface area contributed by atoms with Gasteiger partial charge in [-0.2, -0.15) is 4.57 Å². The molecule has 5 N–H and O–H groups in total. The van der Waals surface area contributed by atoms with Crippen molar-refractivity contribution in [2.45, 2.75) is 13.5 Å². The number of aryl methyl sites for hydroxylation is 2. The maximum Gasteiger partial charge on any atom is 0.257 e. The number of anilines is 6. The number of amides is 1. The highest BCUT2D eigenvalue weighted by Crippen LogP contribution is 2.27. The van der Waals surface area contributed by atoms with E-state index < -0.39 is 0 Å². The number of pyridine rings is 2. The predicted molar refractivity (Wildman–Crippen MR) is 149 cm³/mol. The van der Waals surface area contributed by atoms with Crippen LogP contribution in [0.3, 0.4) is 0 Å². The number of nitrogen functional groups attached to an aromatic ring is 1. The number of benzene rings is 3. The number of nitrogens with one attached hydrogen (secondary N) is 3. The molecule has 1 amide bonds. The van der Waals surface area contributed by atoms with Gasteiger partial charge in [0.1, 0.15) is 13.6 Å². The van der Waals surface area contributed by atoms with E-state index in [1.807, 2.05) is 78.6 Å². The third-order valence-electron chi connectivity index (χ3n) is 6.25. The Morgan fingerprint density at radius 2 is 1.46 bits per heavy atom. The summed E-state index contributed by atoms with van der Waals surface area (Å²) in [6, 6.07) is 27.3. The average Bonchev–Trinajstić information content (AvgIpc) is 2.91. The number of nitrogens with zero attached hydrogens (tertiary/aromatic N) is 2. The molecular weight excluding hydrogens is 460 g/mol. The highest BCUT2D eigenvalue weighted by molar-refractivity contribution is 6.08. The van der Waals surface area contributed by atoms with Crippen molar-refractivity contribution in [2.24, 2.45) is 7.05 Å². The van der Waals surface area contributed by atoms with Crippen LogP contribution in [0.4, 0.5) is 34.1 Å². The van der Waals surface area contributed by atoms with E-state index in [0.717, 1.165) is 40.2 Å². The molecule has 2 aromatic heterocycles. The van der Waals surface area contributed by atoms with E-state index in [0.29, 0.717) is 16.9 Å². The molecule has 0 spiro atoms. The second-order valence-corrected chi connectivity index (χ2v) is 8.87. The normalized spacial score (nSPS) is 10.8. The lowest BCUT2D eigenvalue weighted by molar-refractivity contribution is -0.671. The van der Waals surface area contributed by atoms with Gasteiger partial charge in [0.15, 0.2) is 18.6 Å². The molecule has 0 atom stereocenters. The number of carbonyl (C=O) groups is 1. The SMILES string of the molecule is CC[n+]1ccc(Nc2ccc(C(=O)Nc3ccc(Nc4cc[n+](C)cc4)cc3)c(N)c2)c2ccccc21. The highest BCUT2D eigenvalue weighted by Gasteiger charge is 2.14. The Bertz CT molecular complexity index is 1560. The summed E-state index contributed by atoms with van der Waals surface area (Å²) in [6.07, 6.45) is 6.02. The average molecular weight is 491 g/mol. The predicted octanol–water partition coefficient (Wildman–Crippen LogP) is 5.29. The molecule has 5 aromatic rings. The van der Waals surface area contributed by atoms with Crippen molar-refractivity contribution in [2.75, 3.05) is 21.7 Å². The van der Waals surface area contributed by atoms with Crippen LogP contribution in [0.5, 0.6) is 0 Å². The number of rotatable bonds is 7. The number of nitrogens with two attached hydrogens (primary N) is 1. The lowest BCUT2D eigenvalue weighted by atomic mass is 10.1. The van der Waals surface area contributed by atoms with Crippen molar-refractivity contribution in [3.8, 4) is 0 Å². The van der Waals surface area contributed by atoms with Crippen LogP contribution in [0.2, 0.25) is 0 Å². The summed E-state index contributed by atoms with van der Waals surface area (Å²) in [7, 11) is 1.98. The minimum absolute atomic E-state index is 0.255. The maximum absolute atomic E-state index is 12.9. The fourth-order valence-electron chi connectivity index (χ4n) is 4.26. The van der Waals surface area contributed by atoms with Crippen LogP contribution in [0.15, 0.2) is 104 Å². The summed E-state index contributed by atoms with van der Waals surface area (Å²) in [4.78, 5) is 12.9. The number of hydrogen-bond acceptors (Lipinski definition) is 4. The Labute approximate surface area is 216 Å². The zero-order valence-electron chi connectivity index (χ0n) is 20.9. The summed E-state index contributed by atoms with van der Waals surface area (Å²) in [6.45, 7) is 3.02. The summed E-state index contributed by atoms with van der Waals surface area (Å²) < 4.78 is 4.18. The molecule has 2 heterocycles. The fraction of sp³-hybridized carbons (Fsp3) is 0.100. The summed E-state index contributed by atoms with van der Waals surface area (Å²) in [5.41, 5.74) is 12.7. The Hall–Kier alpha value is -4.91. The molecule has 0 unspecified atom stereocenters. The first-order valence-corrected chi connectivity index (χ1v) is 12.2. The smallest absolute Gasteiger partial charge is 0.257 e. The second kappa shape index (κ2) is 10.4. The van der Waals surface area contributed by atoms with E-state index in [4.69, 9.17) is 5.73 Å². The van der Waals surface area contributed by atoms with E-state index in [1.54, 1.807) is 12.1 Å². The molecule has 184 valence electrons. The van der Waals surface area contributed by atoms with Gasteiger partial charge in [0, 0.05) is 47.0 Å². The zero-order chi connectivity index (χ0) is 25.8. The lowest BCUT2D eigenvalue weighted by Gasteiger charge is -2.13. The van der Waals surface area contributed by atoms with Crippen molar-refractivity contribution < 1.29 is 13.9 Å². The van der Waals surface area contributed by atoms with Crippen LogP contribution in [-0.2, 0) is 13.6 Å². The van der Waals surface area contributed by atoms with E-state index in [-0.39, 0.29) is 5.91 Å². The van der Waals surface area contributed by atoms with Crippen molar-refractivity contribution in [1.29, 1.82) is 0 Å². The topological polar surface area (TPSA) is 86.9 Å². The largest absolute Gasteiger partial charge is 0.398 e. The zero-order valence-corrected chi connectivity index (χ0v) is 20.9. The van der Waals surface area contributed by atoms with Crippen LogP contribution in [0.25, 0.3) is 10.9 Å². The van der Waals surface area contributed by atoms with Crippen molar-refractivity contribution in [3.05, 3.63) is 109 Å². The van der Waals surface area contributed by atoms with E-state index >= 15 is 0 Å². The monoisotopic (exact) mass is 490 g/mol. The van der Waals surface area contributed by atoms with Gasteiger partial charge in [0.05, 0.1) is 22.3 Å². The quantitative estimate of drug-likeness (QED) is 0.184. The first-order chi connectivity index (χ1) is 18.0. The summed E-state index contributed by atoms with van der Waals surface area (Å²) in [5.74, 6) is -0.255. The lowest BCUT2D eigenvalue weighted by Crippen LogP contribution is -2.32.